The Morgan fingerprint density at radius 2 is 2.18 bits per heavy atom. The molecule has 0 aromatic carbocycles. The Morgan fingerprint density at radius 3 is 2.71 bits per heavy atom. The van der Waals surface area contributed by atoms with E-state index in [9.17, 15) is 0 Å². The third kappa shape index (κ3) is 4.12. The fraction of sp³-hybridized carbons (Fsp3) is 0.636. The lowest BCUT2D eigenvalue weighted by Crippen LogP contribution is -2.31. The van der Waals surface area contributed by atoms with Gasteiger partial charge < -0.3 is 15.4 Å². The Bertz CT molecular complexity index is 359. The molecule has 0 saturated heterocycles. The first-order valence-electron chi connectivity index (χ1n) is 5.54. The Hall–Kier alpha value is -0.880. The van der Waals surface area contributed by atoms with Crippen LogP contribution in [0.2, 0.25) is 0 Å². The molecular weight excluding hydrogens is 284 g/mol. The predicted octanol–water partition coefficient (Wildman–Crippen LogP) is 2.36. The summed E-state index contributed by atoms with van der Waals surface area (Å²) < 4.78 is 6.04. The molecule has 1 atom stereocenters. The summed E-state index contributed by atoms with van der Waals surface area (Å²) in [5.74, 6) is 1.82. The molecule has 17 heavy (non-hydrogen) atoms. The van der Waals surface area contributed by atoms with Gasteiger partial charge in [-0.3, -0.25) is 0 Å². The van der Waals surface area contributed by atoms with E-state index in [-0.39, 0.29) is 6.04 Å². The molecular formula is C11H19BrN4O. The molecule has 0 bridgehead atoms. The van der Waals surface area contributed by atoms with Crippen molar-refractivity contribution < 1.29 is 4.74 Å². The minimum atomic E-state index is 0.218. The molecule has 1 heterocycles. The van der Waals surface area contributed by atoms with Crippen molar-refractivity contribution >= 4 is 27.7 Å². The van der Waals surface area contributed by atoms with Crippen molar-refractivity contribution in [1.29, 1.82) is 0 Å². The summed E-state index contributed by atoms with van der Waals surface area (Å²) in [4.78, 5) is 8.47. The first-order chi connectivity index (χ1) is 8.08. The van der Waals surface area contributed by atoms with Gasteiger partial charge in [0, 0.05) is 20.4 Å². The number of halogens is 1. The van der Waals surface area contributed by atoms with E-state index in [0.717, 1.165) is 10.3 Å². The second-order valence-corrected chi connectivity index (χ2v) is 4.94. The maximum Gasteiger partial charge on any atom is 0.224 e. The van der Waals surface area contributed by atoms with Gasteiger partial charge in [0.15, 0.2) is 0 Å². The molecule has 0 aliphatic carbocycles. The van der Waals surface area contributed by atoms with Gasteiger partial charge in [-0.15, -0.1) is 0 Å². The summed E-state index contributed by atoms with van der Waals surface area (Å²) in [5.41, 5.74) is 0. The molecule has 2 N–H and O–H groups in total. The zero-order chi connectivity index (χ0) is 12.8. The normalized spacial score (nSPS) is 12.6. The van der Waals surface area contributed by atoms with Gasteiger partial charge in [0.1, 0.15) is 5.82 Å². The quantitative estimate of drug-likeness (QED) is 0.845. The van der Waals surface area contributed by atoms with Crippen LogP contribution in [0.1, 0.15) is 13.8 Å². The van der Waals surface area contributed by atoms with Crippen LogP contribution < -0.4 is 10.6 Å². The second kappa shape index (κ2) is 6.76. The SMILES string of the molecule is CNc1ncc(Br)c(NC(COC)C(C)C)n1. The van der Waals surface area contributed by atoms with Crippen LogP contribution >= 0.6 is 15.9 Å². The number of nitrogens with one attached hydrogen (secondary N) is 2. The smallest absolute Gasteiger partial charge is 0.224 e. The second-order valence-electron chi connectivity index (χ2n) is 4.09. The highest BCUT2D eigenvalue weighted by atomic mass is 79.9. The van der Waals surface area contributed by atoms with Gasteiger partial charge in [-0.1, -0.05) is 13.8 Å². The van der Waals surface area contributed by atoms with E-state index in [1.54, 1.807) is 20.4 Å². The number of ether oxygens (including phenoxy) is 1. The predicted molar refractivity (Wildman–Crippen MR) is 73.4 cm³/mol. The van der Waals surface area contributed by atoms with Crippen LogP contribution in [-0.2, 0) is 4.74 Å². The van der Waals surface area contributed by atoms with E-state index in [4.69, 9.17) is 4.74 Å². The largest absolute Gasteiger partial charge is 0.383 e. The molecule has 0 fully saturated rings. The van der Waals surface area contributed by atoms with Gasteiger partial charge in [0.25, 0.3) is 0 Å². The minimum absolute atomic E-state index is 0.218. The molecule has 1 aromatic heterocycles. The zero-order valence-corrected chi connectivity index (χ0v) is 12.2. The topological polar surface area (TPSA) is 59.1 Å². The lowest BCUT2D eigenvalue weighted by atomic mass is 10.1. The number of rotatable bonds is 6. The highest BCUT2D eigenvalue weighted by molar-refractivity contribution is 9.10. The highest BCUT2D eigenvalue weighted by Crippen LogP contribution is 2.22. The van der Waals surface area contributed by atoms with Crippen LogP contribution in [0.3, 0.4) is 0 Å². The Balaban J connectivity index is 2.84. The first-order valence-corrected chi connectivity index (χ1v) is 6.33. The van der Waals surface area contributed by atoms with Crippen molar-refractivity contribution in [3.63, 3.8) is 0 Å². The molecule has 0 spiro atoms. The fourth-order valence-corrected chi connectivity index (χ4v) is 1.65. The highest BCUT2D eigenvalue weighted by Gasteiger charge is 2.15. The van der Waals surface area contributed by atoms with Gasteiger partial charge >= 0.3 is 0 Å². The summed E-state index contributed by atoms with van der Waals surface area (Å²) in [6.07, 6.45) is 1.73. The molecule has 1 unspecified atom stereocenters. The number of anilines is 2. The molecule has 0 saturated carbocycles. The van der Waals surface area contributed by atoms with Gasteiger partial charge in [-0.2, -0.15) is 4.98 Å². The molecule has 0 amide bonds. The first kappa shape index (κ1) is 14.2. The van der Waals surface area contributed by atoms with Crippen molar-refractivity contribution in [2.24, 2.45) is 5.92 Å². The van der Waals surface area contributed by atoms with Crippen LogP contribution in [0.15, 0.2) is 10.7 Å². The van der Waals surface area contributed by atoms with Crippen molar-refractivity contribution in [3.05, 3.63) is 10.7 Å². The molecule has 96 valence electrons. The number of aromatic nitrogens is 2. The standard InChI is InChI=1S/C11H19BrN4O/c1-7(2)9(6-17-4)15-10-8(12)5-14-11(13-3)16-10/h5,7,9H,6H2,1-4H3,(H2,13,14,15,16). The maximum absolute atomic E-state index is 5.20. The van der Waals surface area contributed by atoms with Gasteiger partial charge in [0.05, 0.1) is 17.1 Å². The average Bonchev–Trinajstić information content (AvgIpc) is 2.31. The van der Waals surface area contributed by atoms with Gasteiger partial charge in [0.2, 0.25) is 5.95 Å². The number of nitrogens with zero attached hydrogens (tertiary/aromatic N) is 2. The lowest BCUT2D eigenvalue weighted by molar-refractivity contribution is 0.171. The van der Waals surface area contributed by atoms with Crippen molar-refractivity contribution in [2.45, 2.75) is 19.9 Å². The molecule has 1 rings (SSSR count). The van der Waals surface area contributed by atoms with Crippen molar-refractivity contribution in [3.8, 4) is 0 Å². The molecule has 5 nitrogen and oxygen atoms in total. The van der Waals surface area contributed by atoms with Crippen LogP contribution in [0, 0.1) is 5.92 Å². The number of hydrogen-bond acceptors (Lipinski definition) is 5. The van der Waals surface area contributed by atoms with Gasteiger partial charge in [-0.25, -0.2) is 4.98 Å². The van der Waals surface area contributed by atoms with Crippen molar-refractivity contribution in [2.75, 3.05) is 31.4 Å². The summed E-state index contributed by atoms with van der Waals surface area (Å²) in [6.45, 7) is 4.93. The molecule has 0 aliphatic heterocycles. The summed E-state index contributed by atoms with van der Waals surface area (Å²) in [7, 11) is 3.49. The summed E-state index contributed by atoms with van der Waals surface area (Å²) >= 11 is 3.43. The number of methoxy groups -OCH3 is 1. The van der Waals surface area contributed by atoms with Crippen LogP contribution in [-0.4, -0.2) is 36.8 Å². The third-order valence-corrected chi connectivity index (χ3v) is 3.02. The molecule has 0 aliphatic rings. The van der Waals surface area contributed by atoms with E-state index in [1.165, 1.54) is 0 Å². The van der Waals surface area contributed by atoms with E-state index < -0.39 is 0 Å². The maximum atomic E-state index is 5.20. The summed E-state index contributed by atoms with van der Waals surface area (Å²) in [5, 5.41) is 6.27. The molecule has 6 heteroatoms. The monoisotopic (exact) mass is 302 g/mol. The van der Waals surface area contributed by atoms with Crippen molar-refractivity contribution in [1.82, 2.24) is 9.97 Å². The van der Waals surface area contributed by atoms with Crippen LogP contribution in [0.4, 0.5) is 11.8 Å². The number of hydrogen-bond donors (Lipinski definition) is 2. The average molecular weight is 303 g/mol. The van der Waals surface area contributed by atoms with Crippen LogP contribution in [0.25, 0.3) is 0 Å². The minimum Gasteiger partial charge on any atom is -0.383 e. The van der Waals surface area contributed by atoms with E-state index >= 15 is 0 Å². The zero-order valence-electron chi connectivity index (χ0n) is 10.6. The molecule has 1 aromatic rings. The van der Waals surface area contributed by atoms with Gasteiger partial charge in [-0.05, 0) is 21.8 Å². The fourth-order valence-electron chi connectivity index (χ4n) is 1.34. The lowest BCUT2D eigenvalue weighted by Gasteiger charge is -2.22. The van der Waals surface area contributed by atoms with E-state index in [0.29, 0.717) is 18.5 Å². The Labute approximate surface area is 111 Å². The van der Waals surface area contributed by atoms with Crippen LogP contribution in [0.5, 0.6) is 0 Å². The third-order valence-electron chi connectivity index (χ3n) is 2.44. The summed E-state index contributed by atoms with van der Waals surface area (Å²) in [6, 6.07) is 0.218. The van der Waals surface area contributed by atoms with E-state index in [1.807, 2.05) is 0 Å². The Kier molecular flexibility index (Phi) is 5.64. The Morgan fingerprint density at radius 1 is 1.47 bits per heavy atom. The molecule has 0 radical (unpaired) electrons. The van der Waals surface area contributed by atoms with E-state index in [2.05, 4.69) is 50.4 Å².